The topological polar surface area (TPSA) is 101 Å². The van der Waals surface area contributed by atoms with Crippen LogP contribution in [0.15, 0.2) is 48.7 Å². The summed E-state index contributed by atoms with van der Waals surface area (Å²) in [4.78, 5) is 33.7. The minimum Gasteiger partial charge on any atom is -0.378 e. The number of morpholine rings is 1. The Morgan fingerprint density at radius 3 is 2.55 bits per heavy atom. The van der Waals surface area contributed by atoms with Crippen LogP contribution in [0.5, 0.6) is 0 Å². The van der Waals surface area contributed by atoms with E-state index in [-0.39, 0.29) is 12.5 Å². The number of ether oxygens (including phenoxy) is 1. The van der Waals surface area contributed by atoms with Gasteiger partial charge in [-0.3, -0.25) is 19.5 Å². The lowest BCUT2D eigenvalue weighted by Crippen LogP contribution is -2.55. The molecule has 2 aromatic rings. The third-order valence-corrected chi connectivity index (χ3v) is 6.09. The molecule has 0 aliphatic carbocycles. The number of hydrogen-bond donors (Lipinski definition) is 2. The standard InChI is InChI=1S/C23H29N5O3/c24-22(30)23(20-4-1-2-10-25-20)9-3-11-27(17-23)16-21(29)26-18-5-7-19(8-6-18)28-12-14-31-15-13-28/h1-2,4-8,10H,3,9,11-17H2,(H2,24,30)(H,26,29)/t23-/m1/s1. The molecule has 2 aliphatic heterocycles. The van der Waals surface area contributed by atoms with Crippen LogP contribution in [0.25, 0.3) is 0 Å². The van der Waals surface area contributed by atoms with E-state index in [1.807, 2.05) is 47.4 Å². The van der Waals surface area contributed by atoms with Crippen LogP contribution < -0.4 is 16.0 Å². The maximum atomic E-state index is 12.7. The number of rotatable bonds is 6. The first kappa shape index (κ1) is 21.3. The Bertz CT molecular complexity index is 899. The van der Waals surface area contributed by atoms with Gasteiger partial charge in [0.2, 0.25) is 11.8 Å². The molecule has 8 heteroatoms. The number of carbonyl (C=O) groups is 2. The molecule has 164 valence electrons. The Labute approximate surface area is 182 Å². The maximum absolute atomic E-state index is 12.7. The van der Waals surface area contributed by atoms with Crippen molar-refractivity contribution in [3.8, 4) is 0 Å². The molecule has 1 aromatic carbocycles. The Kier molecular flexibility index (Phi) is 6.48. The summed E-state index contributed by atoms with van der Waals surface area (Å²) in [6, 6.07) is 13.4. The van der Waals surface area contributed by atoms with E-state index in [4.69, 9.17) is 10.5 Å². The molecule has 2 amide bonds. The minimum absolute atomic E-state index is 0.111. The van der Waals surface area contributed by atoms with Gasteiger partial charge in [-0.2, -0.15) is 0 Å². The highest BCUT2D eigenvalue weighted by atomic mass is 16.5. The normalized spacial score (nSPS) is 22.1. The number of anilines is 2. The number of primary amides is 1. The maximum Gasteiger partial charge on any atom is 0.238 e. The molecule has 0 unspecified atom stereocenters. The fourth-order valence-electron chi connectivity index (χ4n) is 4.44. The summed E-state index contributed by atoms with van der Waals surface area (Å²) >= 11 is 0. The number of nitrogens with two attached hydrogens (primary N) is 1. The van der Waals surface area contributed by atoms with Gasteiger partial charge in [0.05, 0.1) is 25.5 Å². The second-order valence-corrected chi connectivity index (χ2v) is 8.17. The first-order chi connectivity index (χ1) is 15.1. The van der Waals surface area contributed by atoms with Crippen LogP contribution >= 0.6 is 0 Å². The molecule has 2 aliphatic rings. The van der Waals surface area contributed by atoms with E-state index in [1.165, 1.54) is 0 Å². The molecule has 1 aromatic heterocycles. The number of benzene rings is 1. The van der Waals surface area contributed by atoms with Crippen molar-refractivity contribution in [2.24, 2.45) is 5.73 Å². The quantitative estimate of drug-likeness (QED) is 0.728. The van der Waals surface area contributed by atoms with Crippen LogP contribution in [0.2, 0.25) is 0 Å². The van der Waals surface area contributed by atoms with Crippen LogP contribution in [0.1, 0.15) is 18.5 Å². The van der Waals surface area contributed by atoms with Crippen LogP contribution in [0.3, 0.4) is 0 Å². The molecule has 4 rings (SSSR count). The smallest absolute Gasteiger partial charge is 0.238 e. The fourth-order valence-corrected chi connectivity index (χ4v) is 4.44. The Morgan fingerprint density at radius 1 is 1.10 bits per heavy atom. The zero-order valence-electron chi connectivity index (χ0n) is 17.6. The Morgan fingerprint density at radius 2 is 1.87 bits per heavy atom. The van der Waals surface area contributed by atoms with Crippen molar-refractivity contribution in [2.75, 3.05) is 56.2 Å². The second kappa shape index (κ2) is 9.45. The summed E-state index contributed by atoms with van der Waals surface area (Å²) in [5.74, 6) is -0.504. The van der Waals surface area contributed by atoms with Crippen LogP contribution in [0, 0.1) is 0 Å². The van der Waals surface area contributed by atoms with Crippen LogP contribution in [-0.2, 0) is 19.7 Å². The molecule has 31 heavy (non-hydrogen) atoms. The highest BCUT2D eigenvalue weighted by Crippen LogP contribution is 2.32. The minimum atomic E-state index is -0.862. The summed E-state index contributed by atoms with van der Waals surface area (Å²) in [7, 11) is 0. The van der Waals surface area contributed by atoms with Crippen molar-refractivity contribution < 1.29 is 14.3 Å². The van der Waals surface area contributed by atoms with Crippen LogP contribution in [-0.4, -0.2) is 67.6 Å². The molecule has 0 saturated carbocycles. The van der Waals surface area contributed by atoms with E-state index in [1.54, 1.807) is 6.20 Å². The summed E-state index contributed by atoms with van der Waals surface area (Å²) in [5, 5.41) is 2.96. The predicted molar refractivity (Wildman–Crippen MR) is 119 cm³/mol. The van der Waals surface area contributed by atoms with E-state index < -0.39 is 11.3 Å². The summed E-state index contributed by atoms with van der Waals surface area (Å²) < 4.78 is 5.39. The second-order valence-electron chi connectivity index (χ2n) is 8.17. The van der Waals surface area contributed by atoms with Crippen molar-refractivity contribution in [3.05, 3.63) is 54.4 Å². The number of piperidine rings is 1. The molecular weight excluding hydrogens is 394 g/mol. The van der Waals surface area contributed by atoms with E-state index in [0.29, 0.717) is 18.7 Å². The van der Waals surface area contributed by atoms with Gasteiger partial charge in [-0.15, -0.1) is 0 Å². The summed E-state index contributed by atoms with van der Waals surface area (Å²) in [6.07, 6.45) is 3.09. The third-order valence-electron chi connectivity index (χ3n) is 6.09. The van der Waals surface area contributed by atoms with E-state index in [2.05, 4.69) is 15.2 Å². The molecule has 3 N–H and O–H groups in total. The average Bonchev–Trinajstić information content (AvgIpc) is 2.80. The Hall–Kier alpha value is -2.97. The van der Waals surface area contributed by atoms with Gasteiger partial charge in [-0.25, -0.2) is 0 Å². The monoisotopic (exact) mass is 423 g/mol. The van der Waals surface area contributed by atoms with Crippen molar-refractivity contribution in [3.63, 3.8) is 0 Å². The molecule has 1 atom stereocenters. The fraction of sp³-hybridized carbons (Fsp3) is 0.435. The van der Waals surface area contributed by atoms with Crippen LogP contribution in [0.4, 0.5) is 11.4 Å². The number of carbonyl (C=O) groups excluding carboxylic acids is 2. The van der Waals surface area contributed by atoms with E-state index in [0.717, 1.165) is 50.6 Å². The number of hydrogen-bond acceptors (Lipinski definition) is 6. The molecule has 8 nitrogen and oxygen atoms in total. The Balaban J connectivity index is 1.37. The van der Waals surface area contributed by atoms with Crippen molar-refractivity contribution >= 4 is 23.2 Å². The highest BCUT2D eigenvalue weighted by molar-refractivity contribution is 5.92. The van der Waals surface area contributed by atoms with Gasteiger partial charge in [0.15, 0.2) is 0 Å². The van der Waals surface area contributed by atoms with Gasteiger partial charge in [0.25, 0.3) is 0 Å². The first-order valence-electron chi connectivity index (χ1n) is 10.7. The van der Waals surface area contributed by atoms with Crippen molar-refractivity contribution in [1.29, 1.82) is 0 Å². The molecule has 2 fully saturated rings. The molecule has 0 bridgehead atoms. The zero-order chi connectivity index (χ0) is 21.7. The lowest BCUT2D eigenvalue weighted by molar-refractivity contribution is -0.127. The summed E-state index contributed by atoms with van der Waals surface area (Å²) in [5.41, 5.74) is 7.50. The molecule has 0 radical (unpaired) electrons. The van der Waals surface area contributed by atoms with Gasteiger partial charge in [0, 0.05) is 37.2 Å². The van der Waals surface area contributed by atoms with Gasteiger partial charge >= 0.3 is 0 Å². The molecular formula is C23H29N5O3. The third kappa shape index (κ3) is 4.86. The van der Waals surface area contributed by atoms with Crippen molar-refractivity contribution in [2.45, 2.75) is 18.3 Å². The number of amides is 2. The first-order valence-corrected chi connectivity index (χ1v) is 10.7. The highest BCUT2D eigenvalue weighted by Gasteiger charge is 2.43. The lowest BCUT2D eigenvalue weighted by atomic mass is 9.76. The number of pyridine rings is 1. The van der Waals surface area contributed by atoms with Gasteiger partial charge in [-0.05, 0) is 55.8 Å². The van der Waals surface area contributed by atoms with Gasteiger partial charge < -0.3 is 20.7 Å². The number of aromatic nitrogens is 1. The SMILES string of the molecule is NC(=O)[C@]1(c2ccccn2)CCCN(CC(=O)Nc2ccc(N3CCOCC3)cc2)C1. The van der Waals surface area contributed by atoms with Crippen molar-refractivity contribution in [1.82, 2.24) is 9.88 Å². The average molecular weight is 424 g/mol. The zero-order valence-corrected chi connectivity index (χ0v) is 17.6. The summed E-state index contributed by atoms with van der Waals surface area (Å²) in [6.45, 7) is 4.55. The van der Waals surface area contributed by atoms with Gasteiger partial charge in [-0.1, -0.05) is 6.07 Å². The largest absolute Gasteiger partial charge is 0.378 e. The number of likely N-dealkylation sites (tertiary alicyclic amines) is 1. The lowest BCUT2D eigenvalue weighted by Gasteiger charge is -2.40. The number of nitrogens with one attached hydrogen (secondary N) is 1. The van der Waals surface area contributed by atoms with E-state index >= 15 is 0 Å². The van der Waals surface area contributed by atoms with Gasteiger partial charge in [0.1, 0.15) is 5.41 Å². The number of nitrogens with zero attached hydrogens (tertiary/aromatic N) is 3. The predicted octanol–water partition coefficient (Wildman–Crippen LogP) is 1.38. The molecule has 3 heterocycles. The molecule has 0 spiro atoms. The van der Waals surface area contributed by atoms with E-state index in [9.17, 15) is 9.59 Å². The molecule has 2 saturated heterocycles.